The van der Waals surface area contributed by atoms with Crippen LogP contribution in [0.5, 0.6) is 5.75 Å². The van der Waals surface area contributed by atoms with E-state index >= 15 is 0 Å². The van der Waals surface area contributed by atoms with Gasteiger partial charge in [-0.1, -0.05) is 25.1 Å². The summed E-state index contributed by atoms with van der Waals surface area (Å²) in [6.45, 7) is 6.58. The molecule has 4 rings (SSSR count). The Kier molecular flexibility index (Phi) is 8.84. The molecule has 212 valence electrons. The van der Waals surface area contributed by atoms with Gasteiger partial charge in [0.2, 0.25) is 0 Å². The molecule has 1 aliphatic heterocycles. The van der Waals surface area contributed by atoms with Gasteiger partial charge in [0.1, 0.15) is 41.9 Å². The summed E-state index contributed by atoms with van der Waals surface area (Å²) in [6.07, 6.45) is -3.71. The Balaban J connectivity index is 1.59. The van der Waals surface area contributed by atoms with Crippen LogP contribution in [0.1, 0.15) is 40.3 Å². The first-order chi connectivity index (χ1) is 18.5. The van der Waals surface area contributed by atoms with E-state index in [1.807, 2.05) is 0 Å². The quantitative estimate of drug-likeness (QED) is 0.195. The number of anilines is 1. The summed E-state index contributed by atoms with van der Waals surface area (Å²) in [6, 6.07) is 7.22. The van der Waals surface area contributed by atoms with E-state index in [2.05, 4.69) is 20.0 Å². The van der Waals surface area contributed by atoms with Crippen LogP contribution >= 0.6 is 7.75 Å². The number of benzene rings is 1. The standard InChI is InChI=1S/C24H33N6O8P/c1-5-16(20-18(31)19(32)23(36-20)30-12-28-17-21(25)26-11-27-22(17)30)38-39(34,37-15-9-7-6-8-10-15)29-14(4)24(33)35-13(2)3/h6-14,16,18-20,23,31-32H,5H2,1-4H3,(H,29,34)(H2,25,26,27)/t14-,16+,18-,19+,20+,23+,39?/m0/s1. The van der Waals surface area contributed by atoms with E-state index < -0.39 is 50.4 Å². The van der Waals surface area contributed by atoms with Crippen molar-refractivity contribution in [1.29, 1.82) is 0 Å². The number of imidazole rings is 1. The highest BCUT2D eigenvalue weighted by molar-refractivity contribution is 7.52. The molecule has 3 aromatic rings. The van der Waals surface area contributed by atoms with Crippen molar-refractivity contribution < 1.29 is 38.1 Å². The van der Waals surface area contributed by atoms with E-state index in [0.717, 1.165) is 0 Å². The van der Waals surface area contributed by atoms with E-state index in [9.17, 15) is 19.6 Å². The number of aromatic nitrogens is 4. The third-order valence-electron chi connectivity index (χ3n) is 6.01. The second-order valence-corrected chi connectivity index (χ2v) is 11.0. The average Bonchev–Trinajstić information content (AvgIpc) is 3.44. The van der Waals surface area contributed by atoms with Gasteiger partial charge >= 0.3 is 13.7 Å². The fourth-order valence-corrected chi connectivity index (χ4v) is 5.91. The summed E-state index contributed by atoms with van der Waals surface area (Å²) in [5.41, 5.74) is 6.47. The number of hydrogen-bond donors (Lipinski definition) is 4. The van der Waals surface area contributed by atoms with Crippen molar-refractivity contribution in [1.82, 2.24) is 24.6 Å². The minimum Gasteiger partial charge on any atom is -0.462 e. The van der Waals surface area contributed by atoms with Gasteiger partial charge in [-0.15, -0.1) is 0 Å². The Bertz CT molecular complexity index is 1320. The molecular weight excluding hydrogens is 531 g/mol. The number of para-hydroxylation sites is 1. The maximum Gasteiger partial charge on any atom is 0.459 e. The van der Waals surface area contributed by atoms with Crippen LogP contribution in [-0.2, 0) is 23.4 Å². The Morgan fingerprint density at radius 3 is 2.56 bits per heavy atom. The second kappa shape index (κ2) is 11.9. The molecule has 0 aliphatic carbocycles. The van der Waals surface area contributed by atoms with Crippen LogP contribution in [0.15, 0.2) is 43.0 Å². The number of aliphatic hydroxyl groups is 2. The van der Waals surface area contributed by atoms with Gasteiger partial charge in [0, 0.05) is 0 Å². The average molecular weight is 565 g/mol. The van der Waals surface area contributed by atoms with E-state index in [0.29, 0.717) is 11.2 Å². The van der Waals surface area contributed by atoms with Gasteiger partial charge in [0.15, 0.2) is 17.7 Å². The van der Waals surface area contributed by atoms with Gasteiger partial charge < -0.3 is 29.9 Å². The van der Waals surface area contributed by atoms with Crippen molar-refractivity contribution in [2.45, 2.75) is 76.9 Å². The number of ether oxygens (including phenoxy) is 2. The summed E-state index contributed by atoms with van der Waals surface area (Å²) >= 11 is 0. The first-order valence-corrected chi connectivity index (χ1v) is 14.0. The lowest BCUT2D eigenvalue weighted by atomic mass is 10.0. The molecule has 39 heavy (non-hydrogen) atoms. The molecule has 14 nitrogen and oxygen atoms in total. The molecule has 0 saturated carbocycles. The first-order valence-electron chi connectivity index (χ1n) is 12.5. The lowest BCUT2D eigenvalue weighted by molar-refractivity contribution is -0.149. The number of hydrogen-bond acceptors (Lipinski definition) is 12. The summed E-state index contributed by atoms with van der Waals surface area (Å²) in [4.78, 5) is 24.7. The molecule has 1 fully saturated rings. The monoisotopic (exact) mass is 564 g/mol. The van der Waals surface area contributed by atoms with Crippen molar-refractivity contribution in [2.75, 3.05) is 5.73 Å². The van der Waals surface area contributed by atoms with Crippen LogP contribution in [0.25, 0.3) is 11.2 Å². The van der Waals surface area contributed by atoms with E-state index in [-0.39, 0.29) is 24.1 Å². The molecule has 5 N–H and O–H groups in total. The third-order valence-corrected chi connectivity index (χ3v) is 7.71. The Morgan fingerprint density at radius 2 is 1.90 bits per heavy atom. The fraction of sp³-hybridized carbons (Fsp3) is 0.500. The van der Waals surface area contributed by atoms with Crippen LogP contribution in [0.3, 0.4) is 0 Å². The van der Waals surface area contributed by atoms with E-state index in [1.165, 1.54) is 24.1 Å². The normalized spacial score (nSPS) is 24.4. The van der Waals surface area contributed by atoms with Crippen LogP contribution in [0, 0.1) is 0 Å². The van der Waals surface area contributed by atoms with Crippen LogP contribution < -0.4 is 15.3 Å². The summed E-state index contributed by atoms with van der Waals surface area (Å²) < 4.78 is 38.3. The maximum absolute atomic E-state index is 14.0. The minimum absolute atomic E-state index is 0.147. The molecule has 3 heterocycles. The van der Waals surface area contributed by atoms with E-state index in [4.69, 9.17) is 24.3 Å². The maximum atomic E-state index is 14.0. The number of esters is 1. The Labute approximate surface area is 225 Å². The Morgan fingerprint density at radius 1 is 1.18 bits per heavy atom. The van der Waals surface area contributed by atoms with Crippen LogP contribution in [-0.4, -0.2) is 72.3 Å². The van der Waals surface area contributed by atoms with Gasteiger partial charge in [-0.3, -0.25) is 13.9 Å². The first kappa shape index (κ1) is 28.9. The van der Waals surface area contributed by atoms with Gasteiger partial charge in [0.25, 0.3) is 0 Å². The van der Waals surface area contributed by atoms with Gasteiger partial charge in [-0.05, 0) is 39.3 Å². The zero-order valence-corrected chi connectivity index (χ0v) is 22.8. The highest BCUT2D eigenvalue weighted by Crippen LogP contribution is 2.48. The molecule has 15 heteroatoms. The van der Waals surface area contributed by atoms with E-state index in [1.54, 1.807) is 51.1 Å². The number of carbonyl (C=O) groups is 1. The number of carbonyl (C=O) groups excluding carboxylic acids is 1. The van der Waals surface area contributed by atoms with Crippen LogP contribution in [0.2, 0.25) is 0 Å². The van der Waals surface area contributed by atoms with Crippen molar-refractivity contribution >= 4 is 30.7 Å². The second-order valence-electron chi connectivity index (χ2n) is 9.35. The molecule has 2 aromatic heterocycles. The number of nitrogens with one attached hydrogen (secondary N) is 1. The molecule has 0 amide bonds. The molecule has 0 bridgehead atoms. The van der Waals surface area contributed by atoms with Crippen molar-refractivity contribution in [3.05, 3.63) is 43.0 Å². The zero-order chi connectivity index (χ0) is 28.3. The number of rotatable bonds is 11. The number of nitrogens with zero attached hydrogens (tertiary/aromatic N) is 4. The smallest absolute Gasteiger partial charge is 0.459 e. The molecule has 7 atom stereocenters. The van der Waals surface area contributed by atoms with Gasteiger partial charge in [0.05, 0.1) is 18.5 Å². The zero-order valence-electron chi connectivity index (χ0n) is 21.9. The molecule has 0 spiro atoms. The SMILES string of the molecule is CC[C@@H](OP(=O)(N[C@@H](C)C(=O)OC(C)C)Oc1ccccc1)[C@H]1O[C@@H](n2cnc3c(N)ncnc32)[C@H](O)[C@@H]1O. The molecule has 1 aromatic carbocycles. The largest absolute Gasteiger partial charge is 0.462 e. The molecular formula is C24H33N6O8P. The third kappa shape index (κ3) is 6.38. The summed E-state index contributed by atoms with van der Waals surface area (Å²) in [5.74, 6) is -0.284. The Hall–Kier alpha value is -3.13. The minimum atomic E-state index is -4.27. The van der Waals surface area contributed by atoms with Crippen molar-refractivity contribution in [3.63, 3.8) is 0 Å². The van der Waals surface area contributed by atoms with Crippen molar-refractivity contribution in [2.24, 2.45) is 0 Å². The molecule has 0 radical (unpaired) electrons. The summed E-state index contributed by atoms with van der Waals surface area (Å²) in [7, 11) is -4.27. The topological polar surface area (TPSA) is 193 Å². The molecule has 1 aliphatic rings. The number of aliphatic hydroxyl groups excluding tert-OH is 2. The lowest BCUT2D eigenvalue weighted by Gasteiger charge is -2.30. The molecule has 1 saturated heterocycles. The molecule has 1 unspecified atom stereocenters. The van der Waals surface area contributed by atoms with Gasteiger partial charge in [-0.2, -0.15) is 5.09 Å². The number of nitrogen functional groups attached to an aromatic ring is 1. The van der Waals surface area contributed by atoms with Gasteiger partial charge in [-0.25, -0.2) is 19.5 Å². The summed E-state index contributed by atoms with van der Waals surface area (Å²) in [5, 5.41) is 24.4. The predicted octanol–water partition coefficient (Wildman–Crippen LogP) is 1.94. The lowest BCUT2D eigenvalue weighted by Crippen LogP contribution is -2.42. The fourth-order valence-electron chi connectivity index (χ4n) is 4.15. The highest BCUT2D eigenvalue weighted by atomic mass is 31.2. The van der Waals surface area contributed by atoms with Crippen LogP contribution in [0.4, 0.5) is 5.82 Å². The highest BCUT2D eigenvalue weighted by Gasteiger charge is 2.50. The number of nitrogens with two attached hydrogens (primary N) is 1. The predicted molar refractivity (Wildman–Crippen MR) is 139 cm³/mol. The number of fused-ring (bicyclic) bond motifs is 1. The van der Waals surface area contributed by atoms with Crippen molar-refractivity contribution in [3.8, 4) is 5.75 Å².